The fourth-order valence-corrected chi connectivity index (χ4v) is 1.54. The number of aliphatic carboxylic acids is 1. The minimum absolute atomic E-state index is 0.0480. The molecule has 4 nitrogen and oxygen atoms in total. The van der Waals surface area contributed by atoms with Gasteiger partial charge in [-0.2, -0.15) is 0 Å². The quantitative estimate of drug-likeness (QED) is 0.679. The Hall–Kier alpha value is -1.10. The molecule has 1 aromatic rings. The Labute approximate surface area is 105 Å². The van der Waals surface area contributed by atoms with Crippen molar-refractivity contribution in [1.29, 1.82) is 0 Å². The molecule has 0 heterocycles. The molecule has 0 aliphatic heterocycles. The lowest BCUT2D eigenvalue weighted by molar-refractivity contribution is -0.136. The van der Waals surface area contributed by atoms with E-state index >= 15 is 0 Å². The average Bonchev–Trinajstić information content (AvgIpc) is 2.27. The second-order valence-corrected chi connectivity index (χ2v) is 4.28. The van der Waals surface area contributed by atoms with Crippen molar-refractivity contribution in [3.05, 3.63) is 34.3 Å². The third-order valence-electron chi connectivity index (χ3n) is 2.42. The molecule has 0 radical (unpaired) electrons. The van der Waals surface area contributed by atoms with E-state index in [-0.39, 0.29) is 6.42 Å². The Balaban J connectivity index is 2.44. The maximum atomic E-state index is 10.3. The molecule has 1 aromatic carbocycles. The molecule has 0 amide bonds. The van der Waals surface area contributed by atoms with Crippen molar-refractivity contribution in [1.82, 2.24) is 5.32 Å². The topological polar surface area (TPSA) is 69.6 Å². The van der Waals surface area contributed by atoms with Crippen LogP contribution in [0.5, 0.6) is 0 Å². The number of aryl methyl sites for hydroxylation is 1. The Morgan fingerprint density at radius 2 is 2.24 bits per heavy atom. The van der Waals surface area contributed by atoms with Crippen molar-refractivity contribution in [2.75, 3.05) is 13.1 Å². The van der Waals surface area contributed by atoms with Crippen LogP contribution in [0.1, 0.15) is 23.7 Å². The van der Waals surface area contributed by atoms with Gasteiger partial charge in [0.1, 0.15) is 0 Å². The number of carboxylic acids is 1. The maximum Gasteiger partial charge on any atom is 0.304 e. The summed E-state index contributed by atoms with van der Waals surface area (Å²) in [5.41, 5.74) is 1.68. The lowest BCUT2D eigenvalue weighted by atomic mass is 10.1. The summed E-state index contributed by atoms with van der Waals surface area (Å²) in [6, 6.07) is 5.33. The van der Waals surface area contributed by atoms with Crippen LogP contribution < -0.4 is 5.32 Å². The van der Waals surface area contributed by atoms with E-state index in [0.717, 1.165) is 11.1 Å². The predicted molar refractivity (Wildman–Crippen MR) is 66.3 cm³/mol. The van der Waals surface area contributed by atoms with E-state index < -0.39 is 12.1 Å². The van der Waals surface area contributed by atoms with Crippen LogP contribution in [0.25, 0.3) is 0 Å². The van der Waals surface area contributed by atoms with Crippen molar-refractivity contribution >= 4 is 17.6 Å². The monoisotopic (exact) mass is 257 g/mol. The minimum Gasteiger partial charge on any atom is -0.481 e. The van der Waals surface area contributed by atoms with Gasteiger partial charge in [-0.1, -0.05) is 23.7 Å². The average molecular weight is 258 g/mol. The first-order valence-corrected chi connectivity index (χ1v) is 5.75. The van der Waals surface area contributed by atoms with Gasteiger partial charge in [-0.05, 0) is 24.1 Å². The standard InChI is InChI=1S/C12H16ClNO3/c1-8-6-9(2-3-10(8)13)11(15)7-14-5-4-12(16)17/h2-3,6,11,14-15H,4-5,7H2,1H3,(H,16,17). The summed E-state index contributed by atoms with van der Waals surface area (Å²) < 4.78 is 0. The van der Waals surface area contributed by atoms with Gasteiger partial charge in [0.25, 0.3) is 0 Å². The van der Waals surface area contributed by atoms with Gasteiger partial charge in [0.05, 0.1) is 12.5 Å². The molecule has 1 unspecified atom stereocenters. The van der Waals surface area contributed by atoms with Crippen LogP contribution >= 0.6 is 11.6 Å². The van der Waals surface area contributed by atoms with Gasteiger partial charge >= 0.3 is 5.97 Å². The van der Waals surface area contributed by atoms with E-state index in [4.69, 9.17) is 16.7 Å². The summed E-state index contributed by atoms with van der Waals surface area (Å²) in [5.74, 6) is -0.852. The van der Waals surface area contributed by atoms with Gasteiger partial charge in [-0.3, -0.25) is 4.79 Å². The highest BCUT2D eigenvalue weighted by Gasteiger charge is 2.08. The van der Waals surface area contributed by atoms with E-state index in [9.17, 15) is 9.90 Å². The fourth-order valence-electron chi connectivity index (χ4n) is 1.43. The number of nitrogens with one attached hydrogen (secondary N) is 1. The van der Waals surface area contributed by atoms with Crippen LogP contribution in [0.2, 0.25) is 5.02 Å². The minimum atomic E-state index is -0.852. The maximum absolute atomic E-state index is 10.3. The van der Waals surface area contributed by atoms with Gasteiger partial charge in [0.2, 0.25) is 0 Å². The molecule has 0 spiro atoms. The van der Waals surface area contributed by atoms with E-state index in [1.807, 2.05) is 13.0 Å². The van der Waals surface area contributed by atoms with E-state index in [1.54, 1.807) is 12.1 Å². The highest BCUT2D eigenvalue weighted by molar-refractivity contribution is 6.31. The number of carboxylic acid groups (broad SMARTS) is 1. The number of benzene rings is 1. The normalized spacial score (nSPS) is 12.4. The molecular weight excluding hydrogens is 242 g/mol. The van der Waals surface area contributed by atoms with Crippen LogP contribution in [0, 0.1) is 6.92 Å². The third kappa shape index (κ3) is 4.73. The molecular formula is C12H16ClNO3. The van der Waals surface area contributed by atoms with Crippen LogP contribution in [0.3, 0.4) is 0 Å². The molecule has 0 saturated carbocycles. The first kappa shape index (κ1) is 14.0. The smallest absolute Gasteiger partial charge is 0.304 e. The summed E-state index contributed by atoms with van der Waals surface area (Å²) in [6.07, 6.45) is -0.605. The first-order chi connectivity index (χ1) is 8.00. The number of carbonyl (C=O) groups is 1. The molecule has 0 fully saturated rings. The van der Waals surface area contributed by atoms with Crippen LogP contribution in [-0.4, -0.2) is 29.3 Å². The van der Waals surface area contributed by atoms with Gasteiger partial charge in [-0.15, -0.1) is 0 Å². The van der Waals surface area contributed by atoms with Crippen molar-refractivity contribution in [2.45, 2.75) is 19.4 Å². The molecule has 0 aliphatic rings. The second-order valence-electron chi connectivity index (χ2n) is 3.87. The Morgan fingerprint density at radius 1 is 1.53 bits per heavy atom. The van der Waals surface area contributed by atoms with Gasteiger partial charge in [-0.25, -0.2) is 0 Å². The second kappa shape index (κ2) is 6.59. The lowest BCUT2D eigenvalue weighted by Crippen LogP contribution is -2.24. The molecule has 0 aromatic heterocycles. The van der Waals surface area contributed by atoms with Gasteiger partial charge in [0, 0.05) is 18.1 Å². The van der Waals surface area contributed by atoms with E-state index in [2.05, 4.69) is 5.32 Å². The molecule has 0 aliphatic carbocycles. The van der Waals surface area contributed by atoms with Gasteiger partial charge < -0.3 is 15.5 Å². The molecule has 5 heteroatoms. The molecule has 17 heavy (non-hydrogen) atoms. The van der Waals surface area contributed by atoms with Crippen molar-refractivity contribution < 1.29 is 15.0 Å². The summed E-state index contributed by atoms with van der Waals surface area (Å²) in [4.78, 5) is 10.3. The zero-order valence-electron chi connectivity index (χ0n) is 9.61. The summed E-state index contributed by atoms with van der Waals surface area (Å²) >= 11 is 5.88. The number of aliphatic hydroxyl groups is 1. The molecule has 1 atom stereocenters. The Kier molecular flexibility index (Phi) is 5.41. The van der Waals surface area contributed by atoms with E-state index in [0.29, 0.717) is 18.1 Å². The largest absolute Gasteiger partial charge is 0.481 e. The van der Waals surface area contributed by atoms with Crippen molar-refractivity contribution in [3.63, 3.8) is 0 Å². The van der Waals surface area contributed by atoms with Gasteiger partial charge in [0.15, 0.2) is 0 Å². The van der Waals surface area contributed by atoms with Crippen LogP contribution in [-0.2, 0) is 4.79 Å². The molecule has 0 bridgehead atoms. The number of hydrogen-bond donors (Lipinski definition) is 3. The fraction of sp³-hybridized carbons (Fsp3) is 0.417. The van der Waals surface area contributed by atoms with E-state index in [1.165, 1.54) is 0 Å². The highest BCUT2D eigenvalue weighted by Crippen LogP contribution is 2.20. The zero-order chi connectivity index (χ0) is 12.8. The van der Waals surface area contributed by atoms with Crippen molar-refractivity contribution in [2.24, 2.45) is 0 Å². The Bertz CT molecular complexity index is 395. The highest BCUT2D eigenvalue weighted by atomic mass is 35.5. The lowest BCUT2D eigenvalue weighted by Gasteiger charge is -2.12. The first-order valence-electron chi connectivity index (χ1n) is 5.37. The van der Waals surface area contributed by atoms with Crippen LogP contribution in [0.4, 0.5) is 0 Å². The molecule has 1 rings (SSSR count). The molecule has 3 N–H and O–H groups in total. The third-order valence-corrected chi connectivity index (χ3v) is 2.84. The summed E-state index contributed by atoms with van der Waals surface area (Å²) in [7, 11) is 0. The summed E-state index contributed by atoms with van der Waals surface area (Å²) in [5, 5.41) is 21.8. The Morgan fingerprint density at radius 3 is 2.82 bits per heavy atom. The predicted octanol–water partition coefficient (Wildman–Crippen LogP) is 1.75. The van der Waals surface area contributed by atoms with Crippen molar-refractivity contribution in [3.8, 4) is 0 Å². The summed E-state index contributed by atoms with van der Waals surface area (Å²) in [6.45, 7) is 2.55. The number of halogens is 1. The number of rotatable bonds is 6. The molecule has 0 saturated heterocycles. The number of aliphatic hydroxyl groups excluding tert-OH is 1. The van der Waals surface area contributed by atoms with Crippen LogP contribution in [0.15, 0.2) is 18.2 Å². The SMILES string of the molecule is Cc1cc(C(O)CNCCC(=O)O)ccc1Cl. The zero-order valence-corrected chi connectivity index (χ0v) is 10.4. The number of hydrogen-bond acceptors (Lipinski definition) is 3. The molecule has 94 valence electrons.